The van der Waals surface area contributed by atoms with Gasteiger partial charge >= 0.3 is 11.9 Å². The smallest absolute Gasteiger partial charge is 0.338 e. The van der Waals surface area contributed by atoms with E-state index < -0.39 is 28.6 Å². The molecule has 9 heteroatoms. The van der Waals surface area contributed by atoms with Crippen LogP contribution in [0.4, 0.5) is 0 Å². The van der Waals surface area contributed by atoms with Crippen molar-refractivity contribution in [3.8, 4) is 5.75 Å². The van der Waals surface area contributed by atoms with Crippen LogP contribution in [0.25, 0.3) is 0 Å². The number of ether oxygens (including phenoxy) is 1. The number of rotatable bonds is 2. The van der Waals surface area contributed by atoms with Gasteiger partial charge in [0.2, 0.25) is 0 Å². The Labute approximate surface area is 186 Å². The summed E-state index contributed by atoms with van der Waals surface area (Å²) in [4.78, 5) is 49.8. The van der Waals surface area contributed by atoms with Crippen molar-refractivity contribution in [3.05, 3.63) is 27.7 Å². The minimum atomic E-state index is -0.719. The number of hydrogen-bond donors (Lipinski definition) is 0. The van der Waals surface area contributed by atoms with Crippen molar-refractivity contribution in [3.63, 3.8) is 0 Å². The normalized spacial score (nSPS) is 14.2. The monoisotopic (exact) mass is 459 g/mol. The molecule has 1 aliphatic heterocycles. The summed E-state index contributed by atoms with van der Waals surface area (Å²) in [6.45, 7) is 12.1. The highest BCUT2D eigenvalue weighted by atomic mass is 35.5. The van der Waals surface area contributed by atoms with Crippen molar-refractivity contribution in [2.45, 2.75) is 61.3 Å². The Balaban J connectivity index is 0.000000303. The standard InChI is InChI=1S/C12H14Cl2O2.C9H13NO4/c1-7-9(13)5-8(6-10(7)14)16-11(15)12(2,3)4;1-9(2,3)8(13)14-10-6(11)4-5-7(10)12/h5-6H,1-4H3;4-5H2,1-3H3. The third-order valence-corrected chi connectivity index (χ3v) is 4.65. The van der Waals surface area contributed by atoms with Crippen molar-refractivity contribution >= 4 is 47.0 Å². The summed E-state index contributed by atoms with van der Waals surface area (Å²) in [7, 11) is 0. The first-order valence-electron chi connectivity index (χ1n) is 9.30. The number of hydroxylamine groups is 2. The van der Waals surface area contributed by atoms with Crippen LogP contribution in [0.3, 0.4) is 0 Å². The van der Waals surface area contributed by atoms with Crippen LogP contribution in [0.5, 0.6) is 5.75 Å². The molecule has 7 nitrogen and oxygen atoms in total. The van der Waals surface area contributed by atoms with Gasteiger partial charge in [0.15, 0.2) is 0 Å². The second-order valence-corrected chi connectivity index (χ2v) is 9.68. The number of halogens is 2. The zero-order chi connectivity index (χ0) is 23.4. The average molecular weight is 460 g/mol. The summed E-state index contributed by atoms with van der Waals surface area (Å²) >= 11 is 11.9. The van der Waals surface area contributed by atoms with Crippen LogP contribution in [0.2, 0.25) is 10.0 Å². The predicted molar refractivity (Wildman–Crippen MR) is 113 cm³/mol. The lowest BCUT2D eigenvalue weighted by Crippen LogP contribution is -2.36. The zero-order valence-corrected chi connectivity index (χ0v) is 19.7. The Morgan fingerprint density at radius 3 is 1.63 bits per heavy atom. The molecule has 30 heavy (non-hydrogen) atoms. The first kappa shape index (κ1) is 25.9. The van der Waals surface area contributed by atoms with Crippen LogP contribution in [0, 0.1) is 17.8 Å². The van der Waals surface area contributed by atoms with Gasteiger partial charge in [0.1, 0.15) is 5.75 Å². The Morgan fingerprint density at radius 2 is 1.27 bits per heavy atom. The Kier molecular flexibility index (Phi) is 8.46. The number of carbonyl (C=O) groups excluding carboxylic acids is 4. The molecular weight excluding hydrogens is 433 g/mol. The fraction of sp³-hybridized carbons (Fsp3) is 0.524. The van der Waals surface area contributed by atoms with E-state index in [0.717, 1.165) is 5.56 Å². The summed E-state index contributed by atoms with van der Waals surface area (Å²) in [6.07, 6.45) is 0.243. The van der Waals surface area contributed by atoms with Crippen LogP contribution < -0.4 is 4.74 Å². The van der Waals surface area contributed by atoms with E-state index in [1.54, 1.807) is 60.6 Å². The molecule has 2 rings (SSSR count). The van der Waals surface area contributed by atoms with Crippen LogP contribution in [0.15, 0.2) is 12.1 Å². The zero-order valence-electron chi connectivity index (χ0n) is 18.2. The molecule has 166 valence electrons. The highest BCUT2D eigenvalue weighted by Crippen LogP contribution is 2.30. The molecule has 0 unspecified atom stereocenters. The minimum absolute atomic E-state index is 0.121. The first-order chi connectivity index (χ1) is 13.5. The van der Waals surface area contributed by atoms with Crippen molar-refractivity contribution < 1.29 is 28.8 Å². The lowest BCUT2D eigenvalue weighted by molar-refractivity contribution is -0.203. The quantitative estimate of drug-likeness (QED) is 0.355. The fourth-order valence-electron chi connectivity index (χ4n) is 1.82. The molecule has 0 radical (unpaired) electrons. The Morgan fingerprint density at radius 1 is 0.867 bits per heavy atom. The lowest BCUT2D eigenvalue weighted by Gasteiger charge is -2.19. The van der Waals surface area contributed by atoms with Gasteiger partial charge in [-0.05, 0) is 66.2 Å². The molecule has 1 fully saturated rings. The van der Waals surface area contributed by atoms with Crippen molar-refractivity contribution in [1.29, 1.82) is 0 Å². The van der Waals surface area contributed by atoms with Gasteiger partial charge in [0, 0.05) is 22.9 Å². The van der Waals surface area contributed by atoms with Gasteiger partial charge in [-0.25, -0.2) is 4.79 Å². The Bertz CT molecular complexity index is 813. The molecule has 0 atom stereocenters. The molecule has 0 aromatic heterocycles. The molecule has 1 aliphatic rings. The molecular formula is C21H27Cl2NO6. The molecule has 0 saturated carbocycles. The van der Waals surface area contributed by atoms with Gasteiger partial charge < -0.3 is 9.57 Å². The summed E-state index contributed by atoms with van der Waals surface area (Å²) in [5, 5.41) is 1.54. The van der Waals surface area contributed by atoms with Crippen LogP contribution >= 0.6 is 23.2 Å². The minimum Gasteiger partial charge on any atom is -0.426 e. The fourth-order valence-corrected chi connectivity index (χ4v) is 2.29. The highest BCUT2D eigenvalue weighted by Gasteiger charge is 2.35. The maximum atomic E-state index is 11.6. The van der Waals surface area contributed by atoms with Crippen LogP contribution in [-0.2, 0) is 24.0 Å². The van der Waals surface area contributed by atoms with Crippen LogP contribution in [0.1, 0.15) is 59.9 Å². The summed E-state index contributed by atoms with van der Waals surface area (Å²) in [6, 6.07) is 3.18. The molecule has 1 heterocycles. The third kappa shape index (κ3) is 7.29. The summed E-state index contributed by atoms with van der Waals surface area (Å²) < 4.78 is 5.19. The number of benzene rings is 1. The highest BCUT2D eigenvalue weighted by molar-refractivity contribution is 6.36. The topological polar surface area (TPSA) is 90.0 Å². The van der Waals surface area contributed by atoms with E-state index in [2.05, 4.69) is 0 Å². The molecule has 1 aromatic rings. The van der Waals surface area contributed by atoms with E-state index in [0.29, 0.717) is 20.9 Å². The van der Waals surface area contributed by atoms with Gasteiger partial charge in [0.05, 0.1) is 10.8 Å². The number of hydrogen-bond acceptors (Lipinski definition) is 6. The van der Waals surface area contributed by atoms with E-state index in [1.165, 1.54) is 0 Å². The number of amides is 2. The molecule has 0 N–H and O–H groups in total. The third-order valence-electron chi connectivity index (χ3n) is 3.87. The number of esters is 1. The number of imide groups is 1. The largest absolute Gasteiger partial charge is 0.426 e. The maximum absolute atomic E-state index is 11.6. The van der Waals surface area contributed by atoms with E-state index in [1.807, 2.05) is 0 Å². The molecule has 1 aromatic carbocycles. The van der Waals surface area contributed by atoms with Crippen molar-refractivity contribution in [2.75, 3.05) is 0 Å². The molecule has 0 bridgehead atoms. The van der Waals surface area contributed by atoms with E-state index in [9.17, 15) is 19.2 Å². The molecule has 2 amide bonds. The van der Waals surface area contributed by atoms with Crippen molar-refractivity contribution in [1.82, 2.24) is 5.06 Å². The van der Waals surface area contributed by atoms with E-state index in [4.69, 9.17) is 32.8 Å². The van der Waals surface area contributed by atoms with Gasteiger partial charge in [-0.1, -0.05) is 23.2 Å². The maximum Gasteiger partial charge on any atom is 0.338 e. The molecule has 1 saturated heterocycles. The van der Waals surface area contributed by atoms with Gasteiger partial charge in [-0.3, -0.25) is 14.4 Å². The molecule has 0 spiro atoms. The predicted octanol–water partition coefficient (Wildman–Crippen LogP) is 4.89. The summed E-state index contributed by atoms with van der Waals surface area (Å²) in [5.74, 6) is -1.43. The molecule has 0 aliphatic carbocycles. The first-order valence-corrected chi connectivity index (χ1v) is 10.1. The summed E-state index contributed by atoms with van der Waals surface area (Å²) in [5.41, 5.74) is -0.494. The SMILES string of the molecule is CC(C)(C)C(=O)ON1C(=O)CCC1=O.Cc1c(Cl)cc(OC(=O)C(C)(C)C)cc1Cl. The lowest BCUT2D eigenvalue weighted by atomic mass is 9.97. The van der Waals surface area contributed by atoms with Crippen LogP contribution in [-0.4, -0.2) is 28.8 Å². The number of nitrogens with zero attached hydrogens (tertiary/aromatic N) is 1. The number of carbonyl (C=O) groups is 4. The second-order valence-electron chi connectivity index (χ2n) is 8.86. The van der Waals surface area contributed by atoms with Gasteiger partial charge in [-0.15, -0.1) is 5.06 Å². The van der Waals surface area contributed by atoms with Crippen molar-refractivity contribution in [2.24, 2.45) is 10.8 Å². The average Bonchev–Trinajstić information content (AvgIpc) is 2.90. The van der Waals surface area contributed by atoms with Gasteiger partial charge in [0.25, 0.3) is 11.8 Å². The van der Waals surface area contributed by atoms with E-state index in [-0.39, 0.29) is 18.8 Å². The Hall–Kier alpha value is -2.12. The van der Waals surface area contributed by atoms with Gasteiger partial charge in [-0.2, -0.15) is 0 Å². The second kappa shape index (κ2) is 9.79. The van der Waals surface area contributed by atoms with E-state index >= 15 is 0 Å².